The van der Waals surface area contributed by atoms with E-state index in [2.05, 4.69) is 10.3 Å². The molecule has 0 radical (unpaired) electrons. The number of amides is 2. The molecule has 1 aliphatic rings. The normalized spacial score (nSPS) is 18.6. The second kappa shape index (κ2) is 8.42. The molecule has 3 aromatic rings. The maximum atomic E-state index is 13.5. The summed E-state index contributed by atoms with van der Waals surface area (Å²) < 4.78 is 80.9. The zero-order chi connectivity index (χ0) is 24.8. The van der Waals surface area contributed by atoms with Crippen LogP contribution < -0.4 is 5.32 Å². The predicted octanol–water partition coefficient (Wildman–Crippen LogP) is 5.73. The first kappa shape index (κ1) is 23.7. The number of carbonyl (C=O) groups excluding carboxylic acids is 2. The molecule has 34 heavy (non-hydrogen) atoms. The highest BCUT2D eigenvalue weighted by atomic mass is 32.1. The van der Waals surface area contributed by atoms with Crippen molar-refractivity contribution in [3.8, 4) is 0 Å². The van der Waals surface area contributed by atoms with Gasteiger partial charge in [-0.05, 0) is 35.4 Å². The van der Waals surface area contributed by atoms with Crippen molar-refractivity contribution in [3.05, 3.63) is 81.9 Å². The molecule has 2 heterocycles. The Balaban J connectivity index is 1.92. The summed E-state index contributed by atoms with van der Waals surface area (Å²) in [5.41, 5.74) is -3.21. The minimum atomic E-state index is -5.08. The smallest absolute Gasteiger partial charge is 0.334 e. The average Bonchev–Trinajstić information content (AvgIpc) is 3.27. The van der Waals surface area contributed by atoms with E-state index in [0.29, 0.717) is 12.1 Å². The number of fused-ring (bicyclic) bond motifs is 1. The third-order valence-corrected chi connectivity index (χ3v) is 6.16. The largest absolute Gasteiger partial charge is 0.416 e. The molecule has 0 bridgehead atoms. The number of anilines is 1. The molecule has 0 spiro atoms. The maximum absolute atomic E-state index is 13.5. The van der Waals surface area contributed by atoms with Crippen molar-refractivity contribution in [1.82, 2.24) is 9.88 Å². The van der Waals surface area contributed by atoms with Crippen LogP contribution in [0.25, 0.3) is 0 Å². The quantitative estimate of drug-likeness (QED) is 0.469. The molecule has 1 aromatic heterocycles. The third-order valence-electron chi connectivity index (χ3n) is 5.48. The first-order valence-corrected chi connectivity index (χ1v) is 10.6. The van der Waals surface area contributed by atoms with Gasteiger partial charge in [-0.25, -0.2) is 4.98 Å². The van der Waals surface area contributed by atoms with Gasteiger partial charge in [0.05, 0.1) is 23.1 Å². The van der Waals surface area contributed by atoms with Gasteiger partial charge in [0, 0.05) is 24.2 Å². The number of thiazole rings is 1. The Morgan fingerprint density at radius 1 is 1.03 bits per heavy atom. The summed E-state index contributed by atoms with van der Waals surface area (Å²) >= 11 is 1.09. The summed E-state index contributed by atoms with van der Waals surface area (Å²) in [6, 6.07) is 5.64. The minimum Gasteiger partial charge on any atom is -0.334 e. The van der Waals surface area contributed by atoms with Gasteiger partial charge in [-0.1, -0.05) is 18.2 Å². The van der Waals surface area contributed by atoms with Crippen LogP contribution in [0.1, 0.15) is 44.6 Å². The van der Waals surface area contributed by atoms with Gasteiger partial charge >= 0.3 is 12.4 Å². The summed E-state index contributed by atoms with van der Waals surface area (Å²) in [7, 11) is 1.24. The Hall–Kier alpha value is -3.41. The highest BCUT2D eigenvalue weighted by Crippen LogP contribution is 2.45. The van der Waals surface area contributed by atoms with Crippen LogP contribution in [0.3, 0.4) is 0 Å². The predicted molar refractivity (Wildman–Crippen MR) is 111 cm³/mol. The molecule has 1 N–H and O–H groups in total. The zero-order valence-corrected chi connectivity index (χ0v) is 18.1. The van der Waals surface area contributed by atoms with Gasteiger partial charge in [0.1, 0.15) is 0 Å². The highest BCUT2D eigenvalue weighted by Gasteiger charge is 2.45. The van der Waals surface area contributed by atoms with E-state index in [9.17, 15) is 35.9 Å². The fourth-order valence-electron chi connectivity index (χ4n) is 3.99. The summed E-state index contributed by atoms with van der Waals surface area (Å²) in [6.45, 7) is 0. The van der Waals surface area contributed by atoms with E-state index < -0.39 is 52.8 Å². The number of nitrogens with zero attached hydrogens (tertiary/aromatic N) is 2. The Bertz CT molecular complexity index is 1210. The number of nitrogens with one attached hydrogen (secondary N) is 1. The van der Waals surface area contributed by atoms with Crippen LogP contribution in [0.4, 0.5) is 31.5 Å². The van der Waals surface area contributed by atoms with Gasteiger partial charge < -0.3 is 10.2 Å². The lowest BCUT2D eigenvalue weighted by molar-refractivity contribution is -0.143. The molecule has 5 nitrogen and oxygen atoms in total. The van der Waals surface area contributed by atoms with Gasteiger partial charge in [-0.3, -0.25) is 9.59 Å². The topological polar surface area (TPSA) is 62.3 Å². The molecule has 12 heteroatoms. The van der Waals surface area contributed by atoms with Gasteiger partial charge in [-0.2, -0.15) is 26.3 Å². The van der Waals surface area contributed by atoms with Crippen LogP contribution >= 0.6 is 11.3 Å². The van der Waals surface area contributed by atoms with Crippen molar-refractivity contribution < 1.29 is 35.9 Å². The molecule has 178 valence electrons. The number of rotatable bonds is 3. The number of likely N-dealkylation sites (N-methyl/N-ethyl adjacent to an activating group) is 1. The summed E-state index contributed by atoms with van der Waals surface area (Å²) in [4.78, 5) is 31.2. The standard InChI is InChI=1S/C22H15F6N3O2S/c1-31-17(11-8-12(21(23,24)25)10-13(9-11)22(26,27)28)16(18(32)30-20-29-6-7-34-20)14-4-2-3-5-15(14)19(31)33/h2-10,16-17H,1H3,(H,29,30,32)/t16-,17+/m1/s1. The van der Waals surface area contributed by atoms with Crippen LogP contribution in [0, 0.1) is 0 Å². The Labute approximate surface area is 193 Å². The first-order chi connectivity index (χ1) is 15.9. The van der Waals surface area contributed by atoms with Crippen molar-refractivity contribution in [2.24, 2.45) is 0 Å². The van der Waals surface area contributed by atoms with Gasteiger partial charge in [-0.15, -0.1) is 11.3 Å². The van der Waals surface area contributed by atoms with Crippen LogP contribution in [-0.2, 0) is 17.1 Å². The summed E-state index contributed by atoms with van der Waals surface area (Å²) in [5.74, 6) is -2.66. The van der Waals surface area contributed by atoms with Crippen molar-refractivity contribution in [2.45, 2.75) is 24.3 Å². The van der Waals surface area contributed by atoms with E-state index in [1.807, 2.05) is 0 Å². The lowest BCUT2D eigenvalue weighted by Crippen LogP contribution is -2.44. The third kappa shape index (κ3) is 4.37. The van der Waals surface area contributed by atoms with E-state index in [4.69, 9.17) is 0 Å². The zero-order valence-electron chi connectivity index (χ0n) is 17.2. The van der Waals surface area contributed by atoms with Crippen LogP contribution in [0.2, 0.25) is 0 Å². The van der Waals surface area contributed by atoms with Gasteiger partial charge in [0.2, 0.25) is 5.91 Å². The lowest BCUT2D eigenvalue weighted by Gasteiger charge is -2.40. The number of benzene rings is 2. The van der Waals surface area contributed by atoms with Crippen molar-refractivity contribution in [3.63, 3.8) is 0 Å². The van der Waals surface area contributed by atoms with Crippen LogP contribution in [0.15, 0.2) is 54.0 Å². The van der Waals surface area contributed by atoms with E-state index in [0.717, 1.165) is 16.2 Å². The van der Waals surface area contributed by atoms with E-state index in [1.54, 1.807) is 11.4 Å². The van der Waals surface area contributed by atoms with Crippen LogP contribution in [-0.4, -0.2) is 28.7 Å². The molecule has 1 aliphatic heterocycles. The molecule has 0 fully saturated rings. The van der Waals surface area contributed by atoms with E-state index in [1.165, 1.54) is 31.4 Å². The van der Waals surface area contributed by atoms with Crippen molar-refractivity contribution in [1.29, 1.82) is 0 Å². The molecular weight excluding hydrogens is 484 g/mol. The average molecular weight is 499 g/mol. The molecule has 0 aliphatic carbocycles. The fourth-order valence-corrected chi connectivity index (χ4v) is 4.52. The molecule has 4 rings (SSSR count). The first-order valence-electron chi connectivity index (χ1n) is 9.73. The maximum Gasteiger partial charge on any atom is 0.416 e. The van der Waals surface area contributed by atoms with Crippen molar-refractivity contribution >= 4 is 28.3 Å². The Morgan fingerprint density at radius 2 is 1.65 bits per heavy atom. The fraction of sp³-hybridized carbons (Fsp3) is 0.227. The molecule has 0 saturated carbocycles. The summed E-state index contributed by atoms with van der Waals surface area (Å²) in [5, 5.41) is 4.32. The number of carbonyl (C=O) groups is 2. The highest BCUT2D eigenvalue weighted by molar-refractivity contribution is 7.13. The van der Waals surface area contributed by atoms with E-state index in [-0.39, 0.29) is 22.3 Å². The summed E-state index contributed by atoms with van der Waals surface area (Å²) in [6.07, 6.45) is -8.74. The SMILES string of the molecule is CN1C(=O)c2ccccc2[C@@H](C(=O)Nc2nccs2)[C@@H]1c1cc(C(F)(F)F)cc(C(F)(F)F)c1. The molecule has 2 atom stereocenters. The molecular formula is C22H15F6N3O2S. The molecule has 2 amide bonds. The molecule has 0 unspecified atom stereocenters. The number of alkyl halides is 6. The van der Waals surface area contributed by atoms with Gasteiger partial charge in [0.25, 0.3) is 5.91 Å². The van der Waals surface area contributed by atoms with Crippen molar-refractivity contribution in [2.75, 3.05) is 12.4 Å². The second-order valence-electron chi connectivity index (χ2n) is 7.59. The number of halogens is 6. The molecule has 0 saturated heterocycles. The monoisotopic (exact) mass is 499 g/mol. The van der Waals surface area contributed by atoms with E-state index >= 15 is 0 Å². The van der Waals surface area contributed by atoms with Gasteiger partial charge in [0.15, 0.2) is 5.13 Å². The Kier molecular flexibility index (Phi) is 5.88. The number of aromatic nitrogens is 1. The van der Waals surface area contributed by atoms with Crippen LogP contribution in [0.5, 0.6) is 0 Å². The lowest BCUT2D eigenvalue weighted by atomic mass is 9.79. The number of hydrogen-bond donors (Lipinski definition) is 1. The Morgan fingerprint density at radius 3 is 2.21 bits per heavy atom. The number of hydrogen-bond acceptors (Lipinski definition) is 4. The minimum absolute atomic E-state index is 0.00669. The second-order valence-corrected chi connectivity index (χ2v) is 8.49. The molecule has 2 aromatic carbocycles.